The molecule has 3 nitrogen and oxygen atoms in total. The van der Waals surface area contributed by atoms with Crippen molar-refractivity contribution in [2.24, 2.45) is 10.2 Å². The van der Waals surface area contributed by atoms with E-state index < -0.39 is 0 Å². The second-order valence-electron chi connectivity index (χ2n) is 4.33. The average Bonchev–Trinajstić information content (AvgIpc) is 2.47. The van der Waals surface area contributed by atoms with E-state index in [0.717, 1.165) is 17.1 Å². The number of aromatic nitrogens is 1. The van der Waals surface area contributed by atoms with E-state index in [-0.39, 0.29) is 5.41 Å². The quantitative estimate of drug-likeness (QED) is 0.597. The number of azo groups is 1. The van der Waals surface area contributed by atoms with Gasteiger partial charge in [-0.15, -0.1) is 5.11 Å². The fraction of sp³-hybridized carbons (Fsp3) is 0.500. The first kappa shape index (κ1) is 8.35. The van der Waals surface area contributed by atoms with Crippen LogP contribution in [0.2, 0.25) is 0 Å². The van der Waals surface area contributed by atoms with Gasteiger partial charge in [0, 0.05) is 16.7 Å². The van der Waals surface area contributed by atoms with Gasteiger partial charge in [0.05, 0.1) is 6.54 Å². The van der Waals surface area contributed by atoms with Crippen molar-refractivity contribution < 1.29 is 0 Å². The van der Waals surface area contributed by atoms with Crippen molar-refractivity contribution in [3.8, 4) is 0 Å². The van der Waals surface area contributed by atoms with E-state index in [2.05, 4.69) is 48.1 Å². The van der Waals surface area contributed by atoms with Gasteiger partial charge in [-0.3, -0.25) is 0 Å². The van der Waals surface area contributed by atoms with Gasteiger partial charge in [-0.1, -0.05) is 26.8 Å². The van der Waals surface area contributed by atoms with Crippen LogP contribution in [-0.2, 0) is 12.0 Å². The topological polar surface area (TPSA) is 37.6 Å². The molecule has 2 rings (SSSR count). The highest BCUT2D eigenvalue weighted by Crippen LogP contribution is 2.28. The van der Waals surface area contributed by atoms with E-state index in [0.29, 0.717) is 6.54 Å². The van der Waals surface area contributed by atoms with Crippen molar-refractivity contribution in [1.82, 2.24) is 4.98 Å². The Morgan fingerprint density at radius 2 is 2.00 bits per heavy atom. The van der Waals surface area contributed by atoms with Crippen molar-refractivity contribution in [3.05, 3.63) is 23.4 Å². The maximum atomic E-state index is 4.46. The Morgan fingerprint density at radius 3 is 2.69 bits per heavy atom. The highest BCUT2D eigenvalue weighted by Gasteiger charge is 2.18. The van der Waals surface area contributed by atoms with Crippen LogP contribution in [0.3, 0.4) is 0 Å². The first-order valence-corrected chi connectivity index (χ1v) is 4.45. The van der Waals surface area contributed by atoms with Gasteiger partial charge in [0.25, 0.3) is 0 Å². The Morgan fingerprint density at radius 1 is 1.23 bits per heavy atom. The normalized spacial score (nSPS) is 14.7. The van der Waals surface area contributed by atoms with Crippen molar-refractivity contribution in [2.45, 2.75) is 32.7 Å². The largest absolute Gasteiger partial charge is 0.231 e. The van der Waals surface area contributed by atoms with Gasteiger partial charge in [0.15, 0.2) is 5.82 Å². The average molecular weight is 175 g/mol. The summed E-state index contributed by atoms with van der Waals surface area (Å²) in [4.78, 5) is 4.46. The summed E-state index contributed by atoms with van der Waals surface area (Å²) in [6, 6.07) is 4.14. The number of pyridine rings is 1. The number of fused-ring (bicyclic) bond motifs is 1. The predicted octanol–water partition coefficient (Wildman–Crippen LogP) is 2.98. The summed E-state index contributed by atoms with van der Waals surface area (Å²) in [5.74, 6) is 0.799. The molecule has 2 heterocycles. The van der Waals surface area contributed by atoms with Crippen LogP contribution in [0.5, 0.6) is 0 Å². The third-order valence-electron chi connectivity index (χ3n) is 2.13. The number of hydrogen-bond acceptors (Lipinski definition) is 3. The third-order valence-corrected chi connectivity index (χ3v) is 2.13. The zero-order chi connectivity index (χ0) is 9.47. The molecule has 0 fully saturated rings. The summed E-state index contributed by atoms with van der Waals surface area (Å²) in [6.45, 7) is 7.13. The molecule has 0 aromatic carbocycles. The predicted molar refractivity (Wildman–Crippen MR) is 51.2 cm³/mol. The lowest BCUT2D eigenvalue weighted by atomic mass is 9.91. The molecule has 0 saturated heterocycles. The molecule has 0 bridgehead atoms. The molecule has 0 atom stereocenters. The Labute approximate surface area is 77.9 Å². The van der Waals surface area contributed by atoms with E-state index in [1.807, 2.05) is 0 Å². The van der Waals surface area contributed by atoms with Crippen LogP contribution in [0.15, 0.2) is 22.4 Å². The smallest absolute Gasteiger partial charge is 0.179 e. The molecular weight excluding hydrogens is 162 g/mol. The minimum atomic E-state index is 0.0904. The highest BCUT2D eigenvalue weighted by atomic mass is 15.2. The zero-order valence-electron chi connectivity index (χ0n) is 8.20. The summed E-state index contributed by atoms with van der Waals surface area (Å²) in [7, 11) is 0. The Kier molecular flexibility index (Phi) is 1.68. The molecule has 0 aliphatic carbocycles. The molecule has 0 saturated carbocycles. The van der Waals surface area contributed by atoms with Crippen LogP contribution in [0.25, 0.3) is 0 Å². The fourth-order valence-electron chi connectivity index (χ4n) is 1.28. The zero-order valence-corrected chi connectivity index (χ0v) is 8.20. The fourth-order valence-corrected chi connectivity index (χ4v) is 1.28. The molecular formula is C10H13N3. The summed E-state index contributed by atoms with van der Waals surface area (Å²) in [5.41, 5.74) is 2.30. The summed E-state index contributed by atoms with van der Waals surface area (Å²) < 4.78 is 0. The molecule has 1 aliphatic rings. The van der Waals surface area contributed by atoms with Gasteiger partial charge >= 0.3 is 0 Å². The van der Waals surface area contributed by atoms with Crippen LogP contribution in [0, 0.1) is 0 Å². The lowest BCUT2D eigenvalue weighted by Gasteiger charge is -2.17. The molecule has 68 valence electrons. The molecule has 1 aromatic heterocycles. The molecule has 0 N–H and O–H groups in total. The van der Waals surface area contributed by atoms with Gasteiger partial charge in [0.1, 0.15) is 0 Å². The molecule has 0 amide bonds. The second kappa shape index (κ2) is 2.62. The van der Waals surface area contributed by atoms with Gasteiger partial charge in [-0.05, 0) is 6.07 Å². The van der Waals surface area contributed by atoms with Gasteiger partial charge in [0.2, 0.25) is 0 Å². The molecule has 1 aromatic rings. The molecule has 1 aliphatic heterocycles. The molecule has 0 unspecified atom stereocenters. The minimum Gasteiger partial charge on any atom is -0.231 e. The van der Waals surface area contributed by atoms with Crippen LogP contribution in [-0.4, -0.2) is 4.98 Å². The van der Waals surface area contributed by atoms with E-state index in [4.69, 9.17) is 0 Å². The lowest BCUT2D eigenvalue weighted by Crippen LogP contribution is -2.13. The Bertz CT molecular complexity index is 361. The second-order valence-corrected chi connectivity index (χ2v) is 4.33. The molecule has 3 heteroatoms. The monoisotopic (exact) mass is 175 g/mol. The lowest BCUT2D eigenvalue weighted by molar-refractivity contribution is 0.569. The first-order valence-electron chi connectivity index (χ1n) is 4.45. The van der Waals surface area contributed by atoms with Crippen LogP contribution in [0.4, 0.5) is 5.82 Å². The Balaban J connectivity index is 2.47. The first-order chi connectivity index (χ1) is 6.07. The molecule has 0 radical (unpaired) electrons. The van der Waals surface area contributed by atoms with Crippen LogP contribution >= 0.6 is 0 Å². The van der Waals surface area contributed by atoms with E-state index >= 15 is 0 Å². The summed E-state index contributed by atoms with van der Waals surface area (Å²) >= 11 is 0. The molecule has 13 heavy (non-hydrogen) atoms. The summed E-state index contributed by atoms with van der Waals surface area (Å²) in [6.07, 6.45) is 0. The number of hydrogen-bond donors (Lipinski definition) is 0. The SMILES string of the molecule is CC(C)(C)c1ccc2c(n1)N=NC2. The number of rotatable bonds is 0. The Hall–Kier alpha value is -1.25. The van der Waals surface area contributed by atoms with Crippen molar-refractivity contribution in [1.29, 1.82) is 0 Å². The van der Waals surface area contributed by atoms with Crippen LogP contribution < -0.4 is 0 Å². The van der Waals surface area contributed by atoms with Crippen molar-refractivity contribution in [2.75, 3.05) is 0 Å². The van der Waals surface area contributed by atoms with E-state index in [9.17, 15) is 0 Å². The molecule has 0 spiro atoms. The maximum absolute atomic E-state index is 4.46. The highest BCUT2D eigenvalue weighted by molar-refractivity contribution is 5.42. The standard InChI is InChI=1S/C10H13N3/c1-10(2,3)8-5-4-7-6-11-13-9(7)12-8/h4-5H,6H2,1-3H3. The van der Waals surface area contributed by atoms with Gasteiger partial charge in [-0.2, -0.15) is 5.11 Å². The summed E-state index contributed by atoms with van der Waals surface area (Å²) in [5, 5.41) is 7.92. The van der Waals surface area contributed by atoms with Gasteiger partial charge in [-0.25, -0.2) is 4.98 Å². The van der Waals surface area contributed by atoms with Crippen molar-refractivity contribution in [3.63, 3.8) is 0 Å². The van der Waals surface area contributed by atoms with Gasteiger partial charge < -0.3 is 0 Å². The minimum absolute atomic E-state index is 0.0904. The maximum Gasteiger partial charge on any atom is 0.179 e. The number of nitrogens with zero attached hydrogens (tertiary/aromatic N) is 3. The van der Waals surface area contributed by atoms with Crippen LogP contribution in [0.1, 0.15) is 32.0 Å². The van der Waals surface area contributed by atoms with E-state index in [1.54, 1.807) is 0 Å². The third kappa shape index (κ3) is 1.46. The van der Waals surface area contributed by atoms with E-state index in [1.165, 1.54) is 0 Å². The van der Waals surface area contributed by atoms with Crippen molar-refractivity contribution >= 4 is 5.82 Å².